The monoisotopic (exact) mass is 336 g/mol. The van der Waals surface area contributed by atoms with Gasteiger partial charge in [0, 0.05) is 0 Å². The van der Waals surface area contributed by atoms with Crippen LogP contribution in [0, 0.1) is 0 Å². The van der Waals surface area contributed by atoms with Crippen LogP contribution in [-0.4, -0.2) is 8.33 Å². The SMILES string of the molecule is C=CC(=C)[Si-]12(Oc3ccccc3O1)Oc1ccccc1O2.[K+]. The van der Waals surface area contributed by atoms with Crippen molar-refractivity contribution in [3.05, 3.63) is 73.0 Å². The second kappa shape index (κ2) is 5.26. The fourth-order valence-electron chi connectivity index (χ4n) is 2.55. The van der Waals surface area contributed by atoms with Gasteiger partial charge in [-0.1, -0.05) is 0 Å². The van der Waals surface area contributed by atoms with Gasteiger partial charge >= 0.3 is 173 Å². The van der Waals surface area contributed by atoms with Gasteiger partial charge in [0.15, 0.2) is 0 Å². The topological polar surface area (TPSA) is 36.9 Å². The zero-order valence-corrected chi connectivity index (χ0v) is 16.4. The van der Waals surface area contributed by atoms with E-state index in [2.05, 4.69) is 13.2 Å². The summed E-state index contributed by atoms with van der Waals surface area (Å²) in [7, 11) is -4.34. The van der Waals surface area contributed by atoms with Gasteiger partial charge in [-0.05, 0) is 0 Å². The van der Waals surface area contributed by atoms with E-state index in [1.54, 1.807) is 6.08 Å². The largest absolute Gasteiger partial charge is 1.00 e. The van der Waals surface area contributed by atoms with Gasteiger partial charge in [-0.3, -0.25) is 0 Å². The van der Waals surface area contributed by atoms with Crippen molar-refractivity contribution in [1.29, 1.82) is 0 Å². The molecule has 2 aromatic carbocycles. The molecule has 6 heteroatoms. The van der Waals surface area contributed by atoms with Crippen molar-refractivity contribution in [3.8, 4) is 23.0 Å². The first-order valence-electron chi connectivity index (χ1n) is 6.59. The van der Waals surface area contributed by atoms with E-state index in [0.29, 0.717) is 28.2 Å². The van der Waals surface area contributed by atoms with Crippen LogP contribution in [0.15, 0.2) is 73.0 Å². The summed E-state index contributed by atoms with van der Waals surface area (Å²) in [5, 5.41) is 0.474. The van der Waals surface area contributed by atoms with Gasteiger partial charge in [-0.2, -0.15) is 0 Å². The molecular weight excluding hydrogens is 323 g/mol. The van der Waals surface area contributed by atoms with Crippen molar-refractivity contribution in [2.75, 3.05) is 0 Å². The van der Waals surface area contributed by atoms with E-state index in [0.717, 1.165) is 0 Å². The predicted molar refractivity (Wildman–Crippen MR) is 80.5 cm³/mol. The third kappa shape index (κ3) is 2.03. The summed E-state index contributed by atoms with van der Waals surface area (Å²) in [4.78, 5) is 0. The molecule has 2 aliphatic rings. The molecule has 0 radical (unpaired) electrons. The Balaban J connectivity index is 0.00000144. The fraction of sp³-hybridized carbons (Fsp3) is 0. The Kier molecular flexibility index (Phi) is 3.79. The summed E-state index contributed by atoms with van der Waals surface area (Å²) < 4.78 is 24.4. The first-order chi connectivity index (χ1) is 10.1. The Morgan fingerprint density at radius 3 is 1.36 bits per heavy atom. The maximum Gasteiger partial charge on any atom is 1.00 e. The average molecular weight is 336 g/mol. The standard InChI is InChI=1S/C16H13O4Si.K/c1-3-12(2)21(17-13-8-4-5-9-14(13)18-21)19-15-10-6-7-11-16(15)20-21;/h3-11H,1-2H2;/q-1;+1. The molecule has 0 amide bonds. The predicted octanol–water partition coefficient (Wildman–Crippen LogP) is 0.604. The van der Waals surface area contributed by atoms with Crippen LogP contribution in [0.1, 0.15) is 0 Å². The van der Waals surface area contributed by atoms with Crippen molar-refractivity contribution in [2.45, 2.75) is 0 Å². The summed E-state index contributed by atoms with van der Waals surface area (Å²) in [6, 6.07) is 14.7. The van der Waals surface area contributed by atoms with E-state index in [1.165, 1.54) is 0 Å². The number of para-hydroxylation sites is 4. The zero-order valence-electron chi connectivity index (χ0n) is 12.2. The maximum atomic E-state index is 6.09. The smallest absolute Gasteiger partial charge is 1.00 e. The quantitative estimate of drug-likeness (QED) is 0.595. The zero-order chi connectivity index (χ0) is 14.5. The fourth-order valence-corrected chi connectivity index (χ4v) is 5.85. The molecule has 0 saturated heterocycles. The summed E-state index contributed by atoms with van der Waals surface area (Å²) in [5.74, 6) is 2.34. The van der Waals surface area contributed by atoms with Gasteiger partial charge in [0.05, 0.1) is 0 Å². The van der Waals surface area contributed by atoms with Gasteiger partial charge in [0.25, 0.3) is 0 Å². The number of fused-ring (bicyclic) bond motifs is 2. The van der Waals surface area contributed by atoms with Crippen LogP contribution in [0.5, 0.6) is 23.0 Å². The van der Waals surface area contributed by atoms with Crippen LogP contribution in [0.4, 0.5) is 0 Å². The molecule has 4 nitrogen and oxygen atoms in total. The molecule has 0 atom stereocenters. The molecule has 0 saturated carbocycles. The molecule has 2 aromatic rings. The maximum absolute atomic E-state index is 6.09. The van der Waals surface area contributed by atoms with Gasteiger partial charge in [0.1, 0.15) is 0 Å². The number of benzene rings is 2. The number of hydrogen-bond acceptors (Lipinski definition) is 4. The summed E-state index contributed by atoms with van der Waals surface area (Å²) in [6.45, 7) is 7.76. The Labute approximate surface area is 171 Å². The molecule has 4 rings (SSSR count). The van der Waals surface area contributed by atoms with Gasteiger partial charge in [0.2, 0.25) is 0 Å². The van der Waals surface area contributed by atoms with Crippen molar-refractivity contribution >= 4 is 8.33 Å². The van der Waals surface area contributed by atoms with Crippen molar-refractivity contribution in [3.63, 3.8) is 0 Å². The Bertz CT molecular complexity index is 676. The number of hydrogen-bond donors (Lipinski definition) is 0. The van der Waals surface area contributed by atoms with Crippen LogP contribution in [0.2, 0.25) is 0 Å². The van der Waals surface area contributed by atoms with E-state index in [1.807, 2.05) is 48.5 Å². The Hall–Kier alpha value is -1.03. The normalized spacial score (nSPS) is 19.5. The Morgan fingerprint density at radius 1 is 0.773 bits per heavy atom. The molecule has 0 fully saturated rings. The number of allylic oxidation sites excluding steroid dienone is 2. The van der Waals surface area contributed by atoms with E-state index in [-0.39, 0.29) is 51.4 Å². The third-order valence-corrected chi connectivity index (χ3v) is 7.15. The van der Waals surface area contributed by atoms with Gasteiger partial charge in [-0.25, -0.2) is 0 Å². The molecule has 1 spiro atoms. The summed E-state index contributed by atoms with van der Waals surface area (Å²) in [5.41, 5.74) is 0. The van der Waals surface area contributed by atoms with Crippen LogP contribution in [-0.2, 0) is 0 Å². The van der Waals surface area contributed by atoms with Crippen molar-refractivity contribution < 1.29 is 69.1 Å². The van der Waals surface area contributed by atoms with E-state index < -0.39 is 8.33 Å². The van der Waals surface area contributed by atoms with Crippen LogP contribution in [0.3, 0.4) is 0 Å². The number of rotatable bonds is 2. The molecule has 2 heterocycles. The third-order valence-electron chi connectivity index (χ3n) is 3.61. The summed E-state index contributed by atoms with van der Waals surface area (Å²) in [6.07, 6.45) is 1.56. The molecule has 0 aromatic heterocycles. The Morgan fingerprint density at radius 2 is 1.09 bits per heavy atom. The molecule has 0 bridgehead atoms. The minimum atomic E-state index is -4.34. The molecule has 22 heavy (non-hydrogen) atoms. The second-order valence-electron chi connectivity index (χ2n) is 4.94. The van der Waals surface area contributed by atoms with E-state index >= 15 is 0 Å². The average Bonchev–Trinajstić information content (AvgIpc) is 3.01. The molecular formula is C16H13KO4Si. The van der Waals surface area contributed by atoms with Crippen LogP contribution < -0.4 is 69.1 Å². The first kappa shape index (κ1) is 15.9. The van der Waals surface area contributed by atoms with Crippen molar-refractivity contribution in [2.24, 2.45) is 0 Å². The molecule has 0 N–H and O–H groups in total. The van der Waals surface area contributed by atoms with E-state index in [4.69, 9.17) is 17.7 Å². The van der Waals surface area contributed by atoms with Crippen LogP contribution >= 0.6 is 0 Å². The van der Waals surface area contributed by atoms with E-state index in [9.17, 15) is 0 Å². The van der Waals surface area contributed by atoms with Gasteiger partial charge in [-0.15, -0.1) is 0 Å². The molecule has 106 valence electrons. The summed E-state index contributed by atoms with van der Waals surface area (Å²) >= 11 is 0. The van der Waals surface area contributed by atoms with Gasteiger partial charge < -0.3 is 0 Å². The van der Waals surface area contributed by atoms with Crippen LogP contribution in [0.25, 0.3) is 0 Å². The molecule has 0 aliphatic carbocycles. The molecule has 0 unspecified atom stereocenters. The first-order valence-corrected chi connectivity index (χ1v) is 8.72. The molecule has 2 aliphatic heterocycles. The second-order valence-corrected chi connectivity index (χ2v) is 8.21. The minimum absolute atomic E-state index is 0. The minimum Gasteiger partial charge on any atom is 1.00 e. The van der Waals surface area contributed by atoms with Crippen molar-refractivity contribution in [1.82, 2.24) is 0 Å².